The van der Waals surface area contributed by atoms with Crippen LogP contribution in [-0.4, -0.2) is 70.1 Å². The van der Waals surface area contributed by atoms with Crippen LogP contribution in [0, 0.1) is 0 Å². The van der Waals surface area contributed by atoms with Crippen molar-refractivity contribution in [2.75, 3.05) is 6.54 Å². The van der Waals surface area contributed by atoms with Crippen LogP contribution in [0.15, 0.2) is 12.1 Å². The number of aliphatic carboxylic acids is 1. The molecule has 12 heteroatoms. The fraction of sp³-hybridized carbons (Fsp3) is 0.438. The van der Waals surface area contributed by atoms with E-state index in [0.717, 1.165) is 24.0 Å². The molecule has 0 bridgehead atoms. The Hall–Kier alpha value is -2.37. The van der Waals surface area contributed by atoms with Gasteiger partial charge in [-0.15, -0.1) is 0 Å². The van der Waals surface area contributed by atoms with Crippen molar-refractivity contribution in [3.63, 3.8) is 0 Å². The average molecular weight is 434 g/mol. The second kappa shape index (κ2) is 7.94. The van der Waals surface area contributed by atoms with Gasteiger partial charge in [-0.25, -0.2) is 4.79 Å². The smallest absolute Gasteiger partial charge is 0.328 e. The van der Waals surface area contributed by atoms with Gasteiger partial charge in [0.2, 0.25) is 5.91 Å². The molecule has 0 saturated carbocycles. The zero-order chi connectivity index (χ0) is 21.4. The first-order valence-corrected chi connectivity index (χ1v) is 9.49. The molecule has 154 valence electrons. The normalized spacial score (nSPS) is 20.6. The highest BCUT2D eigenvalue weighted by atomic mass is 35.5. The lowest BCUT2D eigenvalue weighted by molar-refractivity contribution is -0.162. The predicted octanol–water partition coefficient (Wildman–Crippen LogP) is 0.193. The summed E-state index contributed by atoms with van der Waals surface area (Å²) in [6.45, 7) is 2.04. The maximum Gasteiger partial charge on any atom is 0.328 e. The maximum atomic E-state index is 12.4. The van der Waals surface area contributed by atoms with E-state index >= 15 is 0 Å². The summed E-state index contributed by atoms with van der Waals surface area (Å²) in [5.74, 6) is -4.21. The van der Waals surface area contributed by atoms with Gasteiger partial charge in [0.05, 0.1) is 15.3 Å². The lowest BCUT2D eigenvalue weighted by Gasteiger charge is -2.49. The number of amides is 2. The van der Waals surface area contributed by atoms with Gasteiger partial charge < -0.3 is 30.1 Å². The van der Waals surface area contributed by atoms with E-state index in [4.69, 9.17) is 11.6 Å². The summed E-state index contributed by atoms with van der Waals surface area (Å²) < 4.78 is 21.7. The van der Waals surface area contributed by atoms with Crippen LogP contribution in [0.1, 0.15) is 30.6 Å². The number of β-lactam (4-membered cyclic amide) rings is 1. The van der Waals surface area contributed by atoms with Crippen LogP contribution < -0.4 is 5.32 Å². The largest absolute Gasteiger partial charge is 0.772 e. The van der Waals surface area contributed by atoms with Gasteiger partial charge in [-0.1, -0.05) is 11.6 Å². The summed E-state index contributed by atoms with van der Waals surface area (Å²) in [5, 5.41) is 30.3. The lowest BCUT2D eigenvalue weighted by Crippen LogP contribution is -2.69. The highest BCUT2D eigenvalue weighted by Crippen LogP contribution is 2.35. The van der Waals surface area contributed by atoms with E-state index in [2.05, 4.69) is 5.32 Å². The number of carboxylic acid groups (broad SMARTS) is 1. The molecule has 1 aliphatic rings. The molecule has 1 fully saturated rings. The number of nitrogens with one attached hydrogen (secondary N) is 1. The topological polar surface area (TPSA) is 167 Å². The molecule has 1 heterocycles. The minimum atomic E-state index is -2.99. The molecule has 1 aromatic rings. The first kappa shape index (κ1) is 21.9. The van der Waals surface area contributed by atoms with Gasteiger partial charge in [-0.2, -0.15) is 0 Å². The Balaban J connectivity index is 2.30. The standard InChI is InChI=1S/C16H19ClN2O8S/c1-7-5-10(21)19(7)13(15(24)25)16(2,28(26)27)6-18-14(23)8-3-4-9(20)12(22)11(8)17/h3-4,7,13,20,22H,5-6H2,1-2H3,(H,18,23)(H,24,25)(H,26,27)/p-1/t7-,13+,16+/m1/s1. The molecule has 1 aromatic carbocycles. The number of hydrogen-bond donors (Lipinski definition) is 4. The molecule has 2 rings (SSSR count). The third kappa shape index (κ3) is 3.77. The molecule has 2 amide bonds. The first-order valence-electron chi connectivity index (χ1n) is 8.03. The first-order chi connectivity index (χ1) is 12.9. The summed E-state index contributed by atoms with van der Waals surface area (Å²) in [7, 11) is 0. The van der Waals surface area contributed by atoms with Gasteiger partial charge in [-0.3, -0.25) is 13.8 Å². The number of benzene rings is 1. The number of rotatable bonds is 7. The predicted molar refractivity (Wildman–Crippen MR) is 96.8 cm³/mol. The van der Waals surface area contributed by atoms with Crippen molar-refractivity contribution in [1.29, 1.82) is 0 Å². The average Bonchev–Trinajstić information content (AvgIpc) is 2.61. The highest BCUT2D eigenvalue weighted by molar-refractivity contribution is 7.80. The number of hydrogen-bond acceptors (Lipinski definition) is 7. The highest BCUT2D eigenvalue weighted by Gasteiger charge is 2.51. The second-order valence-electron chi connectivity index (χ2n) is 6.62. The molecule has 28 heavy (non-hydrogen) atoms. The molecule has 0 aliphatic carbocycles. The Morgan fingerprint density at radius 1 is 1.46 bits per heavy atom. The molecule has 1 saturated heterocycles. The summed E-state index contributed by atoms with van der Waals surface area (Å²) in [6, 6.07) is -0.0584. The number of likely N-dealkylation sites (tertiary alicyclic amines) is 1. The Labute approximate surface area is 167 Å². The molecule has 4 N–H and O–H groups in total. The number of aromatic hydroxyl groups is 2. The van der Waals surface area contributed by atoms with Gasteiger partial charge in [0.15, 0.2) is 11.5 Å². The van der Waals surface area contributed by atoms with Crippen molar-refractivity contribution in [2.24, 2.45) is 0 Å². The van der Waals surface area contributed by atoms with Gasteiger partial charge in [0.1, 0.15) is 6.04 Å². The Morgan fingerprint density at radius 3 is 2.54 bits per heavy atom. The summed E-state index contributed by atoms with van der Waals surface area (Å²) in [4.78, 5) is 36.9. The van der Waals surface area contributed by atoms with Crippen molar-refractivity contribution in [3.8, 4) is 11.5 Å². The van der Waals surface area contributed by atoms with Crippen LogP contribution in [0.25, 0.3) is 0 Å². The summed E-state index contributed by atoms with van der Waals surface area (Å²) in [5.41, 5.74) is -0.253. The van der Waals surface area contributed by atoms with E-state index in [1.54, 1.807) is 6.92 Å². The Morgan fingerprint density at radius 2 is 2.07 bits per heavy atom. The van der Waals surface area contributed by atoms with Crippen LogP contribution in [0.4, 0.5) is 0 Å². The fourth-order valence-corrected chi connectivity index (χ4v) is 3.82. The molecule has 10 nitrogen and oxygen atoms in total. The third-order valence-electron chi connectivity index (χ3n) is 4.64. The molecule has 0 spiro atoms. The van der Waals surface area contributed by atoms with E-state index < -0.39 is 68.8 Å². The number of halogens is 1. The Kier molecular flexibility index (Phi) is 6.21. The van der Waals surface area contributed by atoms with Gasteiger partial charge >= 0.3 is 5.97 Å². The minimum absolute atomic E-state index is 0.0973. The molecule has 0 aromatic heterocycles. The van der Waals surface area contributed by atoms with Crippen LogP contribution in [0.2, 0.25) is 5.02 Å². The van der Waals surface area contributed by atoms with Crippen LogP contribution in [0.5, 0.6) is 11.5 Å². The van der Waals surface area contributed by atoms with Crippen LogP contribution in [-0.2, 0) is 20.7 Å². The van der Waals surface area contributed by atoms with Crippen molar-refractivity contribution < 1.29 is 38.5 Å². The van der Waals surface area contributed by atoms with E-state index in [0.29, 0.717) is 0 Å². The number of phenolic OH excluding ortho intramolecular Hbond substituents is 2. The third-order valence-corrected chi connectivity index (χ3v) is 6.16. The lowest BCUT2D eigenvalue weighted by atomic mass is 9.91. The number of carbonyl (C=O) groups is 3. The monoisotopic (exact) mass is 433 g/mol. The van der Waals surface area contributed by atoms with Crippen molar-refractivity contribution >= 4 is 40.5 Å². The van der Waals surface area contributed by atoms with E-state index in [1.165, 1.54) is 0 Å². The van der Waals surface area contributed by atoms with Crippen molar-refractivity contribution in [1.82, 2.24) is 10.2 Å². The number of carbonyl (C=O) groups excluding carboxylic acids is 2. The van der Waals surface area contributed by atoms with Crippen molar-refractivity contribution in [3.05, 3.63) is 22.7 Å². The molecular formula is C16H18ClN2O8S-. The van der Waals surface area contributed by atoms with Gasteiger partial charge in [-0.05, 0) is 37.1 Å². The molecule has 4 atom stereocenters. The zero-order valence-corrected chi connectivity index (χ0v) is 16.4. The van der Waals surface area contributed by atoms with Gasteiger partial charge in [0, 0.05) is 19.0 Å². The zero-order valence-electron chi connectivity index (χ0n) is 14.8. The van der Waals surface area contributed by atoms with E-state index in [-0.39, 0.29) is 12.0 Å². The van der Waals surface area contributed by atoms with E-state index in [9.17, 15) is 38.5 Å². The SMILES string of the molecule is C[C@@H]1CC(=O)N1[C@@H](C(=O)O)[C@](C)(CNC(=O)c1ccc(O)c(O)c1Cl)S(=O)[O-]. The van der Waals surface area contributed by atoms with Crippen molar-refractivity contribution in [2.45, 2.75) is 37.1 Å². The minimum Gasteiger partial charge on any atom is -0.772 e. The molecule has 1 unspecified atom stereocenters. The number of phenols is 2. The molecule has 1 aliphatic heterocycles. The van der Waals surface area contributed by atoms with Crippen LogP contribution in [0.3, 0.4) is 0 Å². The quantitative estimate of drug-likeness (QED) is 0.268. The van der Waals surface area contributed by atoms with Crippen LogP contribution >= 0.6 is 11.6 Å². The van der Waals surface area contributed by atoms with E-state index in [1.807, 2.05) is 0 Å². The Bertz CT molecular complexity index is 863. The number of carboxylic acids is 1. The summed E-state index contributed by atoms with van der Waals surface area (Å²) in [6.07, 6.45) is 0.0973. The molecular weight excluding hydrogens is 416 g/mol. The molecule has 0 radical (unpaired) electrons. The second-order valence-corrected chi connectivity index (χ2v) is 8.40. The summed E-state index contributed by atoms with van der Waals surface area (Å²) >= 11 is 2.81. The van der Waals surface area contributed by atoms with Gasteiger partial charge in [0.25, 0.3) is 5.91 Å². The fourth-order valence-electron chi connectivity index (χ4n) is 2.99. The number of nitrogens with zero attached hydrogens (tertiary/aromatic N) is 1. The maximum absolute atomic E-state index is 12.4.